The third kappa shape index (κ3) is 5.14. The summed E-state index contributed by atoms with van der Waals surface area (Å²) in [5.41, 5.74) is 3.18. The van der Waals surface area contributed by atoms with Gasteiger partial charge in [0.25, 0.3) is 0 Å². The SMILES string of the molecule is COCCN(Cc1cnn(C)c1)C(=O)[C@@H](c1ccc(C)cc1)N(C)C. The molecule has 0 N–H and O–H groups in total. The average molecular weight is 344 g/mol. The van der Waals surface area contributed by atoms with E-state index in [2.05, 4.69) is 5.10 Å². The molecule has 2 rings (SSSR count). The summed E-state index contributed by atoms with van der Waals surface area (Å²) in [6.07, 6.45) is 3.73. The molecule has 0 bridgehead atoms. The maximum atomic E-state index is 13.3. The predicted octanol–water partition coefficient (Wildman–Crippen LogP) is 2.01. The van der Waals surface area contributed by atoms with Crippen LogP contribution in [0.5, 0.6) is 0 Å². The van der Waals surface area contributed by atoms with Crippen LogP contribution >= 0.6 is 0 Å². The summed E-state index contributed by atoms with van der Waals surface area (Å²) in [4.78, 5) is 17.1. The van der Waals surface area contributed by atoms with Gasteiger partial charge >= 0.3 is 0 Å². The highest BCUT2D eigenvalue weighted by Gasteiger charge is 2.28. The molecule has 1 aromatic carbocycles. The van der Waals surface area contributed by atoms with E-state index in [1.165, 1.54) is 5.56 Å². The summed E-state index contributed by atoms with van der Waals surface area (Å²) in [5, 5.41) is 4.19. The summed E-state index contributed by atoms with van der Waals surface area (Å²) in [6, 6.07) is 7.81. The molecule has 0 radical (unpaired) electrons. The Labute approximate surface area is 150 Å². The van der Waals surface area contributed by atoms with Crippen molar-refractivity contribution >= 4 is 5.91 Å². The number of carbonyl (C=O) groups excluding carboxylic acids is 1. The molecule has 0 aliphatic heterocycles. The summed E-state index contributed by atoms with van der Waals surface area (Å²) < 4.78 is 6.95. The molecule has 25 heavy (non-hydrogen) atoms. The fourth-order valence-electron chi connectivity index (χ4n) is 2.83. The van der Waals surface area contributed by atoms with E-state index in [9.17, 15) is 4.79 Å². The van der Waals surface area contributed by atoms with E-state index in [1.54, 1.807) is 18.0 Å². The third-order valence-electron chi connectivity index (χ3n) is 4.15. The van der Waals surface area contributed by atoms with Gasteiger partial charge in [0.1, 0.15) is 6.04 Å². The van der Waals surface area contributed by atoms with Crippen molar-refractivity contribution in [1.82, 2.24) is 19.6 Å². The van der Waals surface area contributed by atoms with Crippen LogP contribution < -0.4 is 0 Å². The van der Waals surface area contributed by atoms with Crippen molar-refractivity contribution in [2.75, 3.05) is 34.4 Å². The van der Waals surface area contributed by atoms with Crippen molar-refractivity contribution in [3.8, 4) is 0 Å². The smallest absolute Gasteiger partial charge is 0.244 e. The first kappa shape index (κ1) is 19.1. The van der Waals surface area contributed by atoms with Gasteiger partial charge in [-0.3, -0.25) is 14.4 Å². The van der Waals surface area contributed by atoms with Crippen LogP contribution in [0.4, 0.5) is 0 Å². The van der Waals surface area contributed by atoms with Crippen LogP contribution in [-0.2, 0) is 23.1 Å². The highest BCUT2D eigenvalue weighted by atomic mass is 16.5. The van der Waals surface area contributed by atoms with Crippen LogP contribution in [0.1, 0.15) is 22.7 Å². The first-order valence-corrected chi connectivity index (χ1v) is 8.40. The normalized spacial score (nSPS) is 12.4. The Morgan fingerprint density at radius 2 is 1.96 bits per heavy atom. The van der Waals surface area contributed by atoms with E-state index in [-0.39, 0.29) is 11.9 Å². The van der Waals surface area contributed by atoms with Crippen LogP contribution in [0.15, 0.2) is 36.7 Å². The molecule has 1 aromatic heterocycles. The summed E-state index contributed by atoms with van der Waals surface area (Å²) in [6.45, 7) is 3.61. The van der Waals surface area contributed by atoms with Crippen LogP contribution in [-0.4, -0.2) is 59.8 Å². The van der Waals surface area contributed by atoms with Crippen molar-refractivity contribution in [1.29, 1.82) is 0 Å². The Bertz CT molecular complexity index is 679. The monoisotopic (exact) mass is 344 g/mol. The molecule has 0 aliphatic rings. The van der Waals surface area contributed by atoms with Gasteiger partial charge in [0.2, 0.25) is 5.91 Å². The zero-order chi connectivity index (χ0) is 18.4. The number of likely N-dealkylation sites (N-methyl/N-ethyl adjacent to an activating group) is 1. The van der Waals surface area contributed by atoms with E-state index in [0.717, 1.165) is 11.1 Å². The molecule has 0 fully saturated rings. The van der Waals surface area contributed by atoms with Gasteiger partial charge in [0.05, 0.1) is 12.8 Å². The molecule has 136 valence electrons. The quantitative estimate of drug-likeness (QED) is 0.735. The first-order valence-electron chi connectivity index (χ1n) is 8.40. The maximum Gasteiger partial charge on any atom is 0.244 e. The minimum absolute atomic E-state index is 0.0646. The number of hydrogen-bond donors (Lipinski definition) is 0. The minimum atomic E-state index is -0.325. The van der Waals surface area contributed by atoms with Crippen LogP contribution in [0.2, 0.25) is 0 Å². The Morgan fingerprint density at radius 1 is 1.28 bits per heavy atom. The van der Waals surface area contributed by atoms with Gasteiger partial charge in [-0.2, -0.15) is 5.10 Å². The van der Waals surface area contributed by atoms with Crippen molar-refractivity contribution in [3.63, 3.8) is 0 Å². The van der Waals surface area contributed by atoms with E-state index in [1.807, 2.05) is 68.3 Å². The van der Waals surface area contributed by atoms with E-state index >= 15 is 0 Å². The number of benzene rings is 1. The summed E-state index contributed by atoms with van der Waals surface area (Å²) in [7, 11) is 7.39. The molecule has 0 saturated carbocycles. The number of hydrogen-bond acceptors (Lipinski definition) is 4. The van der Waals surface area contributed by atoms with Crippen LogP contribution in [0.25, 0.3) is 0 Å². The molecule has 0 spiro atoms. The number of carbonyl (C=O) groups is 1. The van der Waals surface area contributed by atoms with Crippen molar-refractivity contribution in [3.05, 3.63) is 53.3 Å². The zero-order valence-corrected chi connectivity index (χ0v) is 15.8. The molecular weight excluding hydrogens is 316 g/mol. The van der Waals surface area contributed by atoms with Gasteiger partial charge in [0.15, 0.2) is 0 Å². The van der Waals surface area contributed by atoms with Crippen molar-refractivity contribution in [2.24, 2.45) is 7.05 Å². The Balaban J connectivity index is 2.25. The Hall–Kier alpha value is -2.18. The Kier molecular flexibility index (Phi) is 6.73. The second-order valence-electron chi connectivity index (χ2n) is 6.55. The topological polar surface area (TPSA) is 50.6 Å². The molecule has 0 saturated heterocycles. The van der Waals surface area contributed by atoms with Crippen LogP contribution in [0.3, 0.4) is 0 Å². The van der Waals surface area contributed by atoms with Gasteiger partial charge in [-0.1, -0.05) is 29.8 Å². The van der Waals surface area contributed by atoms with Crippen molar-refractivity contribution in [2.45, 2.75) is 19.5 Å². The number of amides is 1. The second-order valence-corrected chi connectivity index (χ2v) is 6.55. The molecule has 6 nitrogen and oxygen atoms in total. The first-order chi connectivity index (χ1) is 11.9. The molecule has 1 atom stereocenters. The number of aryl methyl sites for hydroxylation is 2. The molecule has 6 heteroatoms. The standard InChI is InChI=1S/C19H28N4O2/c1-15-6-8-17(9-7-15)18(21(2)3)19(24)23(10-11-25-5)14-16-12-20-22(4)13-16/h6-9,12-13,18H,10-11,14H2,1-5H3/t18-/m1/s1. The van der Waals surface area contributed by atoms with E-state index < -0.39 is 0 Å². The van der Waals surface area contributed by atoms with Crippen LogP contribution in [0, 0.1) is 6.92 Å². The highest BCUT2D eigenvalue weighted by Crippen LogP contribution is 2.22. The lowest BCUT2D eigenvalue weighted by Gasteiger charge is -2.31. The number of nitrogens with zero attached hydrogens (tertiary/aromatic N) is 4. The lowest BCUT2D eigenvalue weighted by atomic mass is 10.0. The van der Waals surface area contributed by atoms with Gasteiger partial charge < -0.3 is 9.64 Å². The molecule has 0 unspecified atom stereocenters. The molecular formula is C19H28N4O2. The fourth-order valence-corrected chi connectivity index (χ4v) is 2.83. The van der Waals surface area contributed by atoms with Crippen molar-refractivity contribution < 1.29 is 9.53 Å². The number of rotatable bonds is 8. The van der Waals surface area contributed by atoms with Gasteiger partial charge in [-0.05, 0) is 26.6 Å². The van der Waals surface area contributed by atoms with Gasteiger partial charge in [-0.15, -0.1) is 0 Å². The minimum Gasteiger partial charge on any atom is -0.383 e. The summed E-state index contributed by atoms with van der Waals surface area (Å²) in [5.74, 6) is 0.0646. The predicted molar refractivity (Wildman–Crippen MR) is 98.1 cm³/mol. The van der Waals surface area contributed by atoms with Gasteiger partial charge in [-0.25, -0.2) is 0 Å². The lowest BCUT2D eigenvalue weighted by molar-refractivity contribution is -0.137. The van der Waals surface area contributed by atoms with E-state index in [4.69, 9.17) is 4.74 Å². The molecule has 0 aliphatic carbocycles. The Morgan fingerprint density at radius 3 is 2.48 bits per heavy atom. The third-order valence-corrected chi connectivity index (χ3v) is 4.15. The zero-order valence-electron chi connectivity index (χ0n) is 15.8. The highest BCUT2D eigenvalue weighted by molar-refractivity contribution is 5.83. The van der Waals surface area contributed by atoms with Gasteiger partial charge in [0, 0.05) is 39.0 Å². The number of aromatic nitrogens is 2. The fraction of sp³-hybridized carbons (Fsp3) is 0.474. The maximum absolute atomic E-state index is 13.3. The molecule has 2 aromatic rings. The molecule has 1 amide bonds. The number of ether oxygens (including phenoxy) is 1. The largest absolute Gasteiger partial charge is 0.383 e. The van der Waals surface area contributed by atoms with E-state index in [0.29, 0.717) is 19.7 Å². The lowest BCUT2D eigenvalue weighted by Crippen LogP contribution is -2.41. The summed E-state index contributed by atoms with van der Waals surface area (Å²) >= 11 is 0. The second kappa shape index (κ2) is 8.78. The number of methoxy groups -OCH3 is 1. The average Bonchev–Trinajstić information content (AvgIpc) is 2.98. The molecule has 1 heterocycles.